The maximum atomic E-state index is 14.0. The number of benzene rings is 2. The largest absolute Gasteiger partial charge is 0.331 e. The van der Waals surface area contributed by atoms with Crippen molar-refractivity contribution in [1.82, 2.24) is 9.88 Å². The van der Waals surface area contributed by atoms with Crippen LogP contribution < -0.4 is 0 Å². The summed E-state index contributed by atoms with van der Waals surface area (Å²) in [5.74, 6) is 2.05. The Morgan fingerprint density at radius 3 is 2.77 bits per heavy atom. The molecular formula is C28H28N2O. The van der Waals surface area contributed by atoms with E-state index in [4.69, 9.17) is 0 Å². The smallest absolute Gasteiger partial charge is 0.255 e. The van der Waals surface area contributed by atoms with Crippen molar-refractivity contribution in [2.24, 2.45) is 17.8 Å². The number of amides is 1. The van der Waals surface area contributed by atoms with Crippen molar-refractivity contribution < 1.29 is 4.79 Å². The fraction of sp³-hybridized carbons (Fsp3) is 0.357. The third-order valence-corrected chi connectivity index (χ3v) is 7.66. The number of allylic oxidation sites excluding steroid dienone is 2. The van der Waals surface area contributed by atoms with Crippen LogP contribution in [0.2, 0.25) is 0 Å². The first-order valence-corrected chi connectivity index (χ1v) is 11.7. The van der Waals surface area contributed by atoms with Crippen molar-refractivity contribution in [3.8, 4) is 0 Å². The molecule has 0 aliphatic heterocycles. The number of para-hydroxylation sites is 1. The van der Waals surface area contributed by atoms with Gasteiger partial charge in [-0.2, -0.15) is 0 Å². The lowest BCUT2D eigenvalue weighted by molar-refractivity contribution is 0.0604. The number of hydrogen-bond donors (Lipinski definition) is 0. The maximum absolute atomic E-state index is 14.0. The molecule has 4 atom stereocenters. The minimum Gasteiger partial charge on any atom is -0.331 e. The number of aromatic nitrogens is 1. The molecule has 3 aliphatic rings. The van der Waals surface area contributed by atoms with Gasteiger partial charge in [0.05, 0.1) is 17.1 Å². The predicted molar refractivity (Wildman–Crippen MR) is 124 cm³/mol. The van der Waals surface area contributed by atoms with E-state index in [0.29, 0.717) is 23.3 Å². The highest BCUT2D eigenvalue weighted by molar-refractivity contribution is 5.97. The number of aryl methyl sites for hydroxylation is 1. The van der Waals surface area contributed by atoms with Crippen LogP contribution in [0.3, 0.4) is 0 Å². The van der Waals surface area contributed by atoms with Crippen molar-refractivity contribution in [2.75, 3.05) is 6.54 Å². The van der Waals surface area contributed by atoms with E-state index >= 15 is 0 Å². The Morgan fingerprint density at radius 1 is 1.03 bits per heavy atom. The van der Waals surface area contributed by atoms with Crippen molar-refractivity contribution in [3.63, 3.8) is 0 Å². The lowest BCUT2D eigenvalue weighted by Crippen LogP contribution is -2.40. The van der Waals surface area contributed by atoms with Crippen LogP contribution in [0, 0.1) is 17.8 Å². The van der Waals surface area contributed by atoms with Gasteiger partial charge in [0.2, 0.25) is 0 Å². The van der Waals surface area contributed by atoms with Crippen molar-refractivity contribution in [2.45, 2.75) is 38.1 Å². The first-order valence-electron chi connectivity index (χ1n) is 11.7. The number of fused-ring (bicyclic) bond motifs is 4. The summed E-state index contributed by atoms with van der Waals surface area (Å²) in [6.45, 7) is 0.843. The molecule has 6 rings (SSSR count). The Kier molecular flexibility index (Phi) is 4.63. The summed E-state index contributed by atoms with van der Waals surface area (Å²) in [4.78, 5) is 20.7. The summed E-state index contributed by atoms with van der Waals surface area (Å²) in [5, 5.41) is 1.03. The molecule has 1 amide bonds. The molecule has 0 N–H and O–H groups in total. The van der Waals surface area contributed by atoms with Gasteiger partial charge in [0, 0.05) is 18.1 Å². The predicted octanol–water partition coefficient (Wildman–Crippen LogP) is 5.97. The third kappa shape index (κ3) is 3.37. The molecule has 156 valence electrons. The molecule has 1 fully saturated rings. The van der Waals surface area contributed by atoms with E-state index in [9.17, 15) is 4.79 Å². The lowest BCUT2D eigenvalue weighted by Gasteiger charge is -2.38. The van der Waals surface area contributed by atoms with E-state index in [1.165, 1.54) is 24.0 Å². The Morgan fingerprint density at radius 2 is 1.90 bits per heavy atom. The third-order valence-electron chi connectivity index (χ3n) is 7.66. The minimum atomic E-state index is 0.131. The molecule has 1 saturated carbocycles. The average Bonchev–Trinajstić information content (AvgIpc) is 3.45. The standard InChI is InChI=1S/C28H28N2O/c31-28(23-16-22-7-2-4-10-26(22)29-17-23)30(18-24-15-19-12-13-21(24)14-19)27-11-5-8-20-6-1-3-9-25(20)27/h1-4,6-7,9-10,12-13,16-17,19,21,24,27H,5,8,11,14-15,18H2/t19-,21-,24+,27-/m1/s1. The Bertz CT molecular complexity index is 1170. The fourth-order valence-electron chi connectivity index (χ4n) is 6.11. The highest BCUT2D eigenvalue weighted by atomic mass is 16.2. The SMILES string of the molecule is O=C(c1cnc2ccccc2c1)N(C[C@@H]1C[C@@H]2C=C[C@@H]1C2)[C@@H]1CCCc2ccccc21. The number of rotatable bonds is 4. The topological polar surface area (TPSA) is 33.2 Å². The Hall–Kier alpha value is -2.94. The zero-order valence-electron chi connectivity index (χ0n) is 17.8. The molecule has 31 heavy (non-hydrogen) atoms. The first-order chi connectivity index (χ1) is 15.3. The number of pyridine rings is 1. The van der Waals surface area contributed by atoms with Gasteiger partial charge in [-0.05, 0) is 73.1 Å². The van der Waals surface area contributed by atoms with E-state index in [1.807, 2.05) is 30.3 Å². The van der Waals surface area contributed by atoms with E-state index < -0.39 is 0 Å². The van der Waals surface area contributed by atoms with E-state index in [2.05, 4.69) is 46.3 Å². The summed E-state index contributed by atoms with van der Waals surface area (Å²) in [6.07, 6.45) is 12.3. The molecule has 0 saturated heterocycles. The normalized spacial score (nSPS) is 26.2. The van der Waals surface area contributed by atoms with Crippen molar-refractivity contribution >= 4 is 16.8 Å². The summed E-state index contributed by atoms with van der Waals surface area (Å²) in [5.41, 5.74) is 4.39. The molecule has 0 spiro atoms. The van der Waals surface area contributed by atoms with Gasteiger partial charge in [0.1, 0.15) is 0 Å². The van der Waals surface area contributed by atoms with Crippen LogP contribution in [0.4, 0.5) is 0 Å². The molecule has 2 aromatic carbocycles. The maximum Gasteiger partial charge on any atom is 0.255 e. The van der Waals surface area contributed by atoms with Crippen LogP contribution in [0.5, 0.6) is 0 Å². The second-order valence-corrected chi connectivity index (χ2v) is 9.52. The number of carbonyl (C=O) groups is 1. The fourth-order valence-corrected chi connectivity index (χ4v) is 6.11. The van der Waals surface area contributed by atoms with Gasteiger partial charge < -0.3 is 4.90 Å². The molecule has 0 unspecified atom stereocenters. The molecule has 1 heterocycles. The van der Waals surface area contributed by atoms with Crippen LogP contribution in [0.25, 0.3) is 10.9 Å². The van der Waals surface area contributed by atoms with Gasteiger partial charge in [-0.15, -0.1) is 0 Å². The van der Waals surface area contributed by atoms with Crippen LogP contribution in [0.15, 0.2) is 72.9 Å². The average molecular weight is 409 g/mol. The first kappa shape index (κ1) is 18.8. The molecule has 2 bridgehead atoms. The van der Waals surface area contributed by atoms with Gasteiger partial charge in [-0.25, -0.2) is 0 Å². The van der Waals surface area contributed by atoms with E-state index in [-0.39, 0.29) is 11.9 Å². The van der Waals surface area contributed by atoms with Crippen molar-refractivity contribution in [1.29, 1.82) is 0 Å². The Balaban J connectivity index is 1.38. The van der Waals surface area contributed by atoms with E-state index in [1.54, 1.807) is 6.20 Å². The van der Waals surface area contributed by atoms with Gasteiger partial charge >= 0.3 is 0 Å². The summed E-state index contributed by atoms with van der Waals surface area (Å²) in [6, 6.07) is 18.9. The highest BCUT2D eigenvalue weighted by Crippen LogP contribution is 2.45. The van der Waals surface area contributed by atoms with Crippen LogP contribution in [0.1, 0.15) is 53.2 Å². The molecule has 3 nitrogen and oxygen atoms in total. The van der Waals surface area contributed by atoms with Crippen LogP contribution in [-0.4, -0.2) is 22.3 Å². The van der Waals surface area contributed by atoms with E-state index in [0.717, 1.165) is 36.7 Å². The summed E-state index contributed by atoms with van der Waals surface area (Å²) < 4.78 is 0. The molecule has 0 radical (unpaired) electrons. The van der Waals surface area contributed by atoms with Gasteiger partial charge in [0.15, 0.2) is 0 Å². The number of nitrogens with zero attached hydrogens (tertiary/aromatic N) is 2. The van der Waals surface area contributed by atoms with Gasteiger partial charge in [-0.1, -0.05) is 54.6 Å². The summed E-state index contributed by atoms with van der Waals surface area (Å²) >= 11 is 0. The second-order valence-electron chi connectivity index (χ2n) is 9.52. The molecule has 1 aromatic heterocycles. The monoisotopic (exact) mass is 408 g/mol. The number of hydrogen-bond acceptors (Lipinski definition) is 2. The van der Waals surface area contributed by atoms with Gasteiger partial charge in [0.25, 0.3) is 5.91 Å². The molecule has 3 aliphatic carbocycles. The summed E-state index contributed by atoms with van der Waals surface area (Å²) in [7, 11) is 0. The highest BCUT2D eigenvalue weighted by Gasteiger charge is 2.39. The second kappa shape index (κ2) is 7.64. The van der Waals surface area contributed by atoms with Crippen LogP contribution in [-0.2, 0) is 6.42 Å². The minimum absolute atomic E-state index is 0.131. The quantitative estimate of drug-likeness (QED) is 0.499. The number of carbonyl (C=O) groups excluding carboxylic acids is 1. The molecule has 3 heteroatoms. The lowest BCUT2D eigenvalue weighted by atomic mass is 9.85. The molecular weight excluding hydrogens is 380 g/mol. The molecule has 3 aromatic rings. The van der Waals surface area contributed by atoms with Gasteiger partial charge in [-0.3, -0.25) is 9.78 Å². The zero-order chi connectivity index (χ0) is 20.8. The zero-order valence-corrected chi connectivity index (χ0v) is 17.8. The Labute approximate surface area is 183 Å². The van der Waals surface area contributed by atoms with Crippen LogP contribution >= 0.6 is 0 Å². The van der Waals surface area contributed by atoms with Crippen molar-refractivity contribution in [3.05, 3.63) is 89.6 Å².